The number of hydrogen-bond donors (Lipinski definition) is 2. The number of carbonyl (C=O) groups excluding carboxylic acids is 2. The van der Waals surface area contributed by atoms with Gasteiger partial charge in [-0.3, -0.25) is 14.5 Å². The van der Waals surface area contributed by atoms with Crippen LogP contribution in [0.1, 0.15) is 12.5 Å². The maximum atomic E-state index is 12.3. The highest BCUT2D eigenvalue weighted by Gasteiger charge is 2.14. The van der Waals surface area contributed by atoms with Crippen LogP contribution in [0.25, 0.3) is 0 Å². The number of hydrogen-bond acceptors (Lipinski definition) is 5. The number of ether oxygens (including phenoxy) is 2. The lowest BCUT2D eigenvalue weighted by Gasteiger charge is -2.19. The summed E-state index contributed by atoms with van der Waals surface area (Å²) in [5, 5.41) is 5.69. The SMILES string of the molecule is CCN(CC(=O)NCc1ccccc1OC)CC(=O)Nc1ccc(OC)cc1. The van der Waals surface area contributed by atoms with Crippen LogP contribution in [-0.4, -0.2) is 50.6 Å². The van der Waals surface area contributed by atoms with Crippen LogP contribution < -0.4 is 20.1 Å². The quantitative estimate of drug-likeness (QED) is 0.656. The smallest absolute Gasteiger partial charge is 0.238 e. The van der Waals surface area contributed by atoms with Gasteiger partial charge in [0.05, 0.1) is 27.3 Å². The Hall–Kier alpha value is -3.06. The maximum absolute atomic E-state index is 12.3. The molecule has 0 atom stereocenters. The number of nitrogens with zero attached hydrogens (tertiary/aromatic N) is 1. The lowest BCUT2D eigenvalue weighted by molar-refractivity contribution is -0.123. The molecule has 0 radical (unpaired) electrons. The minimum absolute atomic E-state index is 0.130. The summed E-state index contributed by atoms with van der Waals surface area (Å²) < 4.78 is 10.4. The average molecular weight is 385 g/mol. The Morgan fingerprint density at radius 2 is 1.61 bits per heavy atom. The zero-order chi connectivity index (χ0) is 20.4. The Morgan fingerprint density at radius 3 is 2.25 bits per heavy atom. The predicted molar refractivity (Wildman–Crippen MR) is 109 cm³/mol. The molecule has 2 aromatic rings. The molecule has 2 aromatic carbocycles. The highest BCUT2D eigenvalue weighted by atomic mass is 16.5. The van der Waals surface area contributed by atoms with Crippen molar-refractivity contribution in [3.05, 3.63) is 54.1 Å². The van der Waals surface area contributed by atoms with E-state index in [-0.39, 0.29) is 24.9 Å². The standard InChI is InChI=1S/C21H27N3O4/c1-4-24(15-21(26)23-17-9-11-18(27-2)12-10-17)14-20(25)22-13-16-7-5-6-8-19(16)28-3/h5-12H,4,13-15H2,1-3H3,(H,22,25)(H,23,26). The number of amides is 2. The molecule has 150 valence electrons. The second kappa shape index (κ2) is 10.9. The van der Waals surface area contributed by atoms with Gasteiger partial charge in [-0.25, -0.2) is 0 Å². The Balaban J connectivity index is 1.81. The van der Waals surface area contributed by atoms with Crippen molar-refractivity contribution in [1.29, 1.82) is 0 Å². The summed E-state index contributed by atoms with van der Waals surface area (Å²) in [5.41, 5.74) is 1.58. The molecule has 0 saturated heterocycles. The number of anilines is 1. The fourth-order valence-corrected chi connectivity index (χ4v) is 2.66. The summed E-state index contributed by atoms with van der Waals surface area (Å²) >= 11 is 0. The van der Waals surface area contributed by atoms with Gasteiger partial charge in [-0.2, -0.15) is 0 Å². The molecule has 0 bridgehead atoms. The lowest BCUT2D eigenvalue weighted by Crippen LogP contribution is -2.40. The number of para-hydroxylation sites is 1. The largest absolute Gasteiger partial charge is 0.497 e. The van der Waals surface area contributed by atoms with Crippen molar-refractivity contribution < 1.29 is 19.1 Å². The Kier molecular flexibility index (Phi) is 8.30. The molecule has 0 aromatic heterocycles. The van der Waals surface area contributed by atoms with E-state index >= 15 is 0 Å². The van der Waals surface area contributed by atoms with E-state index < -0.39 is 0 Å². The summed E-state index contributed by atoms with van der Waals surface area (Å²) in [7, 11) is 3.19. The fraction of sp³-hybridized carbons (Fsp3) is 0.333. The molecule has 0 spiro atoms. The van der Waals surface area contributed by atoms with Crippen molar-refractivity contribution >= 4 is 17.5 Å². The monoisotopic (exact) mass is 385 g/mol. The van der Waals surface area contributed by atoms with E-state index in [1.165, 1.54) is 0 Å². The van der Waals surface area contributed by atoms with Crippen molar-refractivity contribution in [1.82, 2.24) is 10.2 Å². The molecule has 2 amide bonds. The van der Waals surface area contributed by atoms with Gasteiger partial charge >= 0.3 is 0 Å². The first kappa shape index (κ1) is 21.2. The van der Waals surface area contributed by atoms with Crippen LogP contribution in [-0.2, 0) is 16.1 Å². The zero-order valence-electron chi connectivity index (χ0n) is 16.5. The molecule has 0 heterocycles. The summed E-state index contributed by atoms with van der Waals surface area (Å²) in [6.45, 7) is 3.14. The van der Waals surface area contributed by atoms with Gasteiger partial charge in [0.15, 0.2) is 0 Å². The van der Waals surface area contributed by atoms with Crippen LogP contribution in [0.15, 0.2) is 48.5 Å². The summed E-state index contributed by atoms with van der Waals surface area (Å²) in [6.07, 6.45) is 0. The van der Waals surface area contributed by atoms with E-state index in [0.717, 1.165) is 17.1 Å². The van der Waals surface area contributed by atoms with Crippen LogP contribution in [0.5, 0.6) is 11.5 Å². The number of methoxy groups -OCH3 is 2. The molecule has 2 rings (SSSR count). The highest BCUT2D eigenvalue weighted by Crippen LogP contribution is 2.17. The minimum Gasteiger partial charge on any atom is -0.497 e. The van der Waals surface area contributed by atoms with E-state index in [0.29, 0.717) is 18.8 Å². The Bertz CT molecular complexity index is 777. The van der Waals surface area contributed by atoms with Crippen molar-refractivity contribution in [2.24, 2.45) is 0 Å². The third kappa shape index (κ3) is 6.59. The number of likely N-dealkylation sites (N-methyl/N-ethyl adjacent to an activating group) is 1. The molecule has 0 aliphatic heterocycles. The molecule has 0 aliphatic carbocycles. The van der Waals surface area contributed by atoms with Gasteiger partial charge in [-0.1, -0.05) is 25.1 Å². The molecule has 0 unspecified atom stereocenters. The van der Waals surface area contributed by atoms with Crippen LogP contribution in [0.2, 0.25) is 0 Å². The molecule has 7 heteroatoms. The average Bonchev–Trinajstić information content (AvgIpc) is 2.72. The normalized spacial score (nSPS) is 10.4. The van der Waals surface area contributed by atoms with E-state index in [1.807, 2.05) is 31.2 Å². The molecule has 7 nitrogen and oxygen atoms in total. The molecule has 28 heavy (non-hydrogen) atoms. The first-order valence-corrected chi connectivity index (χ1v) is 9.10. The van der Waals surface area contributed by atoms with Gasteiger partial charge in [0.2, 0.25) is 11.8 Å². The molecule has 0 saturated carbocycles. The number of benzene rings is 2. The van der Waals surface area contributed by atoms with Crippen LogP contribution in [0, 0.1) is 0 Å². The topological polar surface area (TPSA) is 79.9 Å². The van der Waals surface area contributed by atoms with Gasteiger partial charge in [0.1, 0.15) is 11.5 Å². The molecular formula is C21H27N3O4. The molecule has 0 fully saturated rings. The van der Waals surface area contributed by atoms with Crippen molar-refractivity contribution in [3.63, 3.8) is 0 Å². The first-order chi connectivity index (χ1) is 13.5. The van der Waals surface area contributed by atoms with Gasteiger partial charge in [0.25, 0.3) is 0 Å². The van der Waals surface area contributed by atoms with E-state index in [1.54, 1.807) is 43.4 Å². The summed E-state index contributed by atoms with van der Waals surface area (Å²) in [4.78, 5) is 26.3. The maximum Gasteiger partial charge on any atom is 0.238 e. The van der Waals surface area contributed by atoms with E-state index in [4.69, 9.17) is 9.47 Å². The predicted octanol–water partition coefficient (Wildman–Crippen LogP) is 2.28. The van der Waals surface area contributed by atoms with Crippen LogP contribution >= 0.6 is 0 Å². The number of rotatable bonds is 10. The second-order valence-electron chi connectivity index (χ2n) is 6.17. The molecule has 0 aliphatic rings. The van der Waals surface area contributed by atoms with Crippen molar-refractivity contribution in [2.45, 2.75) is 13.5 Å². The van der Waals surface area contributed by atoms with Crippen molar-refractivity contribution in [3.8, 4) is 11.5 Å². The zero-order valence-corrected chi connectivity index (χ0v) is 16.5. The van der Waals surface area contributed by atoms with Gasteiger partial charge in [0, 0.05) is 17.8 Å². The second-order valence-corrected chi connectivity index (χ2v) is 6.17. The third-order valence-electron chi connectivity index (χ3n) is 4.22. The number of carbonyl (C=O) groups is 2. The van der Waals surface area contributed by atoms with Gasteiger partial charge in [-0.05, 0) is 36.9 Å². The summed E-state index contributed by atoms with van der Waals surface area (Å²) in [6, 6.07) is 14.6. The fourth-order valence-electron chi connectivity index (χ4n) is 2.66. The number of nitrogens with one attached hydrogen (secondary N) is 2. The Morgan fingerprint density at radius 1 is 0.929 bits per heavy atom. The van der Waals surface area contributed by atoms with Gasteiger partial charge < -0.3 is 20.1 Å². The molecule has 2 N–H and O–H groups in total. The van der Waals surface area contributed by atoms with Gasteiger partial charge in [-0.15, -0.1) is 0 Å². The van der Waals surface area contributed by atoms with Crippen molar-refractivity contribution in [2.75, 3.05) is 39.2 Å². The molecular weight excluding hydrogens is 358 g/mol. The van der Waals surface area contributed by atoms with E-state index in [9.17, 15) is 9.59 Å². The summed E-state index contributed by atoms with van der Waals surface area (Å²) in [5.74, 6) is 1.13. The van der Waals surface area contributed by atoms with E-state index in [2.05, 4.69) is 10.6 Å². The van der Waals surface area contributed by atoms with Crippen LogP contribution in [0.3, 0.4) is 0 Å². The lowest BCUT2D eigenvalue weighted by atomic mass is 10.2. The Labute approximate surface area is 165 Å². The third-order valence-corrected chi connectivity index (χ3v) is 4.22. The van der Waals surface area contributed by atoms with Crippen LogP contribution in [0.4, 0.5) is 5.69 Å². The first-order valence-electron chi connectivity index (χ1n) is 9.10. The minimum atomic E-state index is -0.176. The highest BCUT2D eigenvalue weighted by molar-refractivity contribution is 5.92.